The Hall–Kier alpha value is -2.94. The third-order valence-electron chi connectivity index (χ3n) is 2.53. The summed E-state index contributed by atoms with van der Waals surface area (Å²) in [5.41, 5.74) is -0.259. The SMILES string of the molecule is O=C(NS(=O)(=O)c1ccc([N+](=O)[O-])cc1)Oc1ccccc1. The van der Waals surface area contributed by atoms with Crippen LogP contribution in [0.3, 0.4) is 0 Å². The van der Waals surface area contributed by atoms with Crippen molar-refractivity contribution in [1.82, 2.24) is 4.72 Å². The van der Waals surface area contributed by atoms with Crippen molar-refractivity contribution in [1.29, 1.82) is 0 Å². The summed E-state index contributed by atoms with van der Waals surface area (Å²) in [5, 5.41) is 10.5. The number of nitro groups is 1. The van der Waals surface area contributed by atoms with Crippen molar-refractivity contribution in [2.75, 3.05) is 0 Å². The van der Waals surface area contributed by atoms with Crippen LogP contribution in [-0.2, 0) is 10.0 Å². The average Bonchev–Trinajstić information content (AvgIpc) is 2.47. The molecule has 2 aromatic rings. The molecule has 0 aromatic heterocycles. The molecule has 0 radical (unpaired) electrons. The Morgan fingerprint density at radius 2 is 1.64 bits per heavy atom. The monoisotopic (exact) mass is 322 g/mol. The Morgan fingerprint density at radius 3 is 2.18 bits per heavy atom. The largest absolute Gasteiger partial charge is 0.426 e. The molecule has 0 atom stereocenters. The van der Waals surface area contributed by atoms with Crippen LogP contribution in [0.5, 0.6) is 5.75 Å². The molecule has 114 valence electrons. The number of benzene rings is 2. The van der Waals surface area contributed by atoms with E-state index in [4.69, 9.17) is 4.74 Å². The fraction of sp³-hybridized carbons (Fsp3) is 0. The van der Waals surface area contributed by atoms with Gasteiger partial charge in [-0.25, -0.2) is 17.9 Å². The van der Waals surface area contributed by atoms with Gasteiger partial charge in [0.25, 0.3) is 15.7 Å². The van der Waals surface area contributed by atoms with E-state index in [-0.39, 0.29) is 16.3 Å². The van der Waals surface area contributed by atoms with E-state index >= 15 is 0 Å². The molecule has 2 rings (SSSR count). The summed E-state index contributed by atoms with van der Waals surface area (Å²) in [6, 6.07) is 12.0. The summed E-state index contributed by atoms with van der Waals surface area (Å²) in [6.07, 6.45) is -1.18. The van der Waals surface area contributed by atoms with E-state index in [0.717, 1.165) is 24.3 Å². The van der Waals surface area contributed by atoms with Gasteiger partial charge < -0.3 is 4.74 Å². The van der Waals surface area contributed by atoms with Gasteiger partial charge in [0, 0.05) is 12.1 Å². The summed E-state index contributed by atoms with van der Waals surface area (Å²) in [5.74, 6) is 0.180. The zero-order chi connectivity index (χ0) is 16.2. The van der Waals surface area contributed by atoms with Gasteiger partial charge in [0.1, 0.15) is 5.75 Å². The number of carbonyl (C=O) groups is 1. The number of rotatable bonds is 4. The number of non-ortho nitro benzene ring substituents is 1. The Balaban J connectivity index is 2.10. The highest BCUT2D eigenvalue weighted by Crippen LogP contribution is 2.16. The summed E-state index contributed by atoms with van der Waals surface area (Å²) in [4.78, 5) is 21.1. The summed E-state index contributed by atoms with van der Waals surface area (Å²) < 4.78 is 30.4. The summed E-state index contributed by atoms with van der Waals surface area (Å²) in [7, 11) is -4.17. The molecule has 8 nitrogen and oxygen atoms in total. The van der Waals surface area contributed by atoms with Gasteiger partial charge in [-0.05, 0) is 24.3 Å². The van der Waals surface area contributed by atoms with Crippen LogP contribution in [-0.4, -0.2) is 19.4 Å². The third-order valence-corrected chi connectivity index (χ3v) is 3.86. The van der Waals surface area contributed by atoms with Crippen LogP contribution in [0.2, 0.25) is 0 Å². The van der Waals surface area contributed by atoms with Crippen molar-refractivity contribution < 1.29 is 22.9 Å². The zero-order valence-electron chi connectivity index (χ0n) is 11.0. The lowest BCUT2D eigenvalue weighted by molar-refractivity contribution is -0.384. The third kappa shape index (κ3) is 3.79. The van der Waals surface area contributed by atoms with Gasteiger partial charge >= 0.3 is 6.09 Å². The molecule has 0 spiro atoms. The maximum Gasteiger partial charge on any atom is 0.426 e. The van der Waals surface area contributed by atoms with Crippen LogP contribution in [0.25, 0.3) is 0 Å². The Labute approximate surface area is 125 Å². The molecule has 0 bridgehead atoms. The zero-order valence-corrected chi connectivity index (χ0v) is 11.8. The molecule has 1 amide bonds. The number of hydrogen-bond donors (Lipinski definition) is 1. The number of para-hydroxylation sites is 1. The first kappa shape index (κ1) is 15.4. The smallest absolute Gasteiger partial charge is 0.410 e. The van der Waals surface area contributed by atoms with Crippen molar-refractivity contribution in [2.45, 2.75) is 4.90 Å². The molecule has 0 saturated heterocycles. The molecule has 0 saturated carbocycles. The molecule has 0 heterocycles. The number of nitrogens with one attached hydrogen (secondary N) is 1. The summed E-state index contributed by atoms with van der Waals surface area (Å²) >= 11 is 0. The predicted octanol–water partition coefficient (Wildman–Crippen LogP) is 2.07. The van der Waals surface area contributed by atoms with Crippen molar-refractivity contribution in [3.8, 4) is 5.75 Å². The van der Waals surface area contributed by atoms with Gasteiger partial charge in [0.05, 0.1) is 9.82 Å². The second kappa shape index (κ2) is 6.22. The molecular weight excluding hydrogens is 312 g/mol. The van der Waals surface area contributed by atoms with Gasteiger partial charge in [-0.2, -0.15) is 0 Å². The first-order chi connectivity index (χ1) is 10.4. The lowest BCUT2D eigenvalue weighted by atomic mass is 10.3. The highest BCUT2D eigenvalue weighted by molar-refractivity contribution is 7.90. The maximum absolute atomic E-state index is 11.9. The number of sulfonamides is 1. The molecule has 9 heteroatoms. The van der Waals surface area contributed by atoms with Gasteiger partial charge in [0.2, 0.25) is 0 Å². The Morgan fingerprint density at radius 1 is 1.05 bits per heavy atom. The number of nitro benzene ring substituents is 1. The van der Waals surface area contributed by atoms with E-state index in [1.807, 2.05) is 0 Å². The molecular formula is C13H10N2O6S. The molecule has 2 aromatic carbocycles. The standard InChI is InChI=1S/C13H10N2O6S/c16-13(21-11-4-2-1-3-5-11)14-22(19,20)12-8-6-10(7-9-12)15(17)18/h1-9H,(H,14,16). The topological polar surface area (TPSA) is 116 Å². The van der Waals surface area contributed by atoms with Crippen LogP contribution < -0.4 is 9.46 Å². The molecule has 0 fully saturated rings. The van der Waals surface area contributed by atoms with Gasteiger partial charge in [-0.15, -0.1) is 0 Å². The van der Waals surface area contributed by atoms with Crippen LogP contribution in [0.4, 0.5) is 10.5 Å². The molecule has 0 aliphatic carbocycles. The lowest BCUT2D eigenvalue weighted by Crippen LogP contribution is -2.33. The molecule has 22 heavy (non-hydrogen) atoms. The van der Waals surface area contributed by atoms with Gasteiger partial charge in [0.15, 0.2) is 0 Å². The normalized spacial score (nSPS) is 10.7. The van der Waals surface area contributed by atoms with Crippen LogP contribution in [0.15, 0.2) is 59.5 Å². The minimum absolute atomic E-state index is 0.180. The van der Waals surface area contributed by atoms with E-state index in [1.54, 1.807) is 22.9 Å². The number of ether oxygens (including phenoxy) is 1. The molecule has 1 N–H and O–H groups in total. The average molecular weight is 322 g/mol. The van der Waals surface area contributed by atoms with Gasteiger partial charge in [-0.3, -0.25) is 10.1 Å². The van der Waals surface area contributed by atoms with Crippen molar-refractivity contribution in [2.24, 2.45) is 0 Å². The molecule has 0 aliphatic heterocycles. The van der Waals surface area contributed by atoms with E-state index < -0.39 is 21.0 Å². The highest BCUT2D eigenvalue weighted by atomic mass is 32.2. The van der Waals surface area contributed by atoms with Crippen LogP contribution in [0.1, 0.15) is 0 Å². The minimum atomic E-state index is -4.17. The predicted molar refractivity (Wildman–Crippen MR) is 75.9 cm³/mol. The molecule has 0 unspecified atom stereocenters. The van der Waals surface area contributed by atoms with E-state index in [9.17, 15) is 23.3 Å². The number of amides is 1. The first-order valence-electron chi connectivity index (χ1n) is 5.92. The number of hydrogen-bond acceptors (Lipinski definition) is 6. The molecule has 0 aliphatic rings. The van der Waals surface area contributed by atoms with E-state index in [1.165, 1.54) is 12.1 Å². The van der Waals surface area contributed by atoms with Crippen molar-refractivity contribution >= 4 is 21.8 Å². The first-order valence-corrected chi connectivity index (χ1v) is 7.41. The van der Waals surface area contributed by atoms with E-state index in [0.29, 0.717) is 0 Å². The Bertz CT molecular complexity index is 787. The van der Waals surface area contributed by atoms with E-state index in [2.05, 4.69) is 0 Å². The summed E-state index contributed by atoms with van der Waals surface area (Å²) in [6.45, 7) is 0. The number of nitrogens with zero attached hydrogens (tertiary/aromatic N) is 1. The fourth-order valence-electron chi connectivity index (χ4n) is 1.53. The van der Waals surface area contributed by atoms with Crippen LogP contribution >= 0.6 is 0 Å². The van der Waals surface area contributed by atoms with Crippen molar-refractivity contribution in [3.63, 3.8) is 0 Å². The Kier molecular flexibility index (Phi) is 4.37. The highest BCUT2D eigenvalue weighted by Gasteiger charge is 2.20. The minimum Gasteiger partial charge on any atom is -0.410 e. The van der Waals surface area contributed by atoms with Crippen molar-refractivity contribution in [3.05, 3.63) is 64.7 Å². The number of carbonyl (C=O) groups excluding carboxylic acids is 1. The second-order valence-corrected chi connectivity index (χ2v) is 5.74. The van der Waals surface area contributed by atoms with Gasteiger partial charge in [-0.1, -0.05) is 18.2 Å². The quantitative estimate of drug-likeness (QED) is 0.680. The second-order valence-electron chi connectivity index (χ2n) is 4.06. The lowest BCUT2D eigenvalue weighted by Gasteiger charge is -2.07. The maximum atomic E-state index is 11.9. The van der Waals surface area contributed by atoms with Crippen LogP contribution in [0, 0.1) is 10.1 Å². The fourth-order valence-corrected chi connectivity index (χ4v) is 2.41.